The Kier molecular flexibility index (Phi) is 7.01. The van der Waals surface area contributed by atoms with Crippen LogP contribution in [0.25, 0.3) is 0 Å². The Hall–Kier alpha value is -0.220. The van der Waals surface area contributed by atoms with Gasteiger partial charge in [-0.2, -0.15) is 11.8 Å². The SMILES string of the molecule is CCSCCCNC(C)(C)CC(N)=O. The lowest BCUT2D eigenvalue weighted by Crippen LogP contribution is -2.43. The number of amides is 1. The summed E-state index contributed by atoms with van der Waals surface area (Å²) in [6, 6.07) is 0. The molecule has 0 rings (SSSR count). The predicted molar refractivity (Wildman–Crippen MR) is 63.5 cm³/mol. The van der Waals surface area contributed by atoms with E-state index in [0.717, 1.165) is 13.0 Å². The van der Waals surface area contributed by atoms with Gasteiger partial charge < -0.3 is 11.1 Å². The number of nitrogens with two attached hydrogens (primary N) is 1. The van der Waals surface area contributed by atoms with Gasteiger partial charge in [-0.25, -0.2) is 0 Å². The molecule has 14 heavy (non-hydrogen) atoms. The van der Waals surface area contributed by atoms with Crippen LogP contribution in [0.3, 0.4) is 0 Å². The maximum Gasteiger partial charge on any atom is 0.219 e. The van der Waals surface area contributed by atoms with Crippen molar-refractivity contribution in [3.63, 3.8) is 0 Å². The number of carbonyl (C=O) groups is 1. The van der Waals surface area contributed by atoms with Crippen LogP contribution in [-0.2, 0) is 4.79 Å². The van der Waals surface area contributed by atoms with Gasteiger partial charge in [0.2, 0.25) is 5.91 Å². The molecule has 0 aromatic rings. The second kappa shape index (κ2) is 7.12. The number of primary amides is 1. The van der Waals surface area contributed by atoms with Gasteiger partial charge >= 0.3 is 0 Å². The van der Waals surface area contributed by atoms with Crippen molar-refractivity contribution in [1.29, 1.82) is 0 Å². The molecule has 84 valence electrons. The van der Waals surface area contributed by atoms with Crippen molar-refractivity contribution < 1.29 is 4.79 Å². The van der Waals surface area contributed by atoms with Crippen molar-refractivity contribution >= 4 is 17.7 Å². The van der Waals surface area contributed by atoms with Crippen molar-refractivity contribution in [3.8, 4) is 0 Å². The molecule has 0 fully saturated rings. The van der Waals surface area contributed by atoms with E-state index in [0.29, 0.717) is 6.42 Å². The van der Waals surface area contributed by atoms with Crippen LogP contribution in [0.2, 0.25) is 0 Å². The molecule has 0 aromatic carbocycles. The third-order valence-corrected chi connectivity index (χ3v) is 2.87. The van der Waals surface area contributed by atoms with E-state index in [1.165, 1.54) is 11.5 Å². The molecule has 0 spiro atoms. The third kappa shape index (κ3) is 8.38. The molecular weight excluding hydrogens is 196 g/mol. The van der Waals surface area contributed by atoms with Crippen LogP contribution in [0, 0.1) is 0 Å². The summed E-state index contributed by atoms with van der Waals surface area (Å²) in [7, 11) is 0. The minimum absolute atomic E-state index is 0.164. The highest BCUT2D eigenvalue weighted by molar-refractivity contribution is 7.99. The quantitative estimate of drug-likeness (QED) is 0.605. The van der Waals surface area contributed by atoms with Gasteiger partial charge in [-0.05, 0) is 38.3 Å². The van der Waals surface area contributed by atoms with Crippen LogP contribution >= 0.6 is 11.8 Å². The fourth-order valence-electron chi connectivity index (χ4n) is 1.24. The standard InChI is InChI=1S/C10H22N2OS/c1-4-14-7-5-6-12-10(2,3)8-9(11)13/h12H,4-8H2,1-3H3,(H2,11,13). The zero-order valence-electron chi connectivity index (χ0n) is 9.43. The van der Waals surface area contributed by atoms with Crippen molar-refractivity contribution in [2.24, 2.45) is 5.73 Å². The zero-order valence-corrected chi connectivity index (χ0v) is 10.2. The maximum absolute atomic E-state index is 10.7. The number of rotatable bonds is 8. The van der Waals surface area contributed by atoms with Crippen molar-refractivity contribution in [2.75, 3.05) is 18.1 Å². The molecule has 4 heteroatoms. The average Bonchev–Trinajstić information content (AvgIpc) is 2.01. The summed E-state index contributed by atoms with van der Waals surface area (Å²) >= 11 is 1.94. The van der Waals surface area contributed by atoms with Crippen molar-refractivity contribution in [3.05, 3.63) is 0 Å². The minimum Gasteiger partial charge on any atom is -0.370 e. The molecule has 0 saturated carbocycles. The average molecular weight is 218 g/mol. The number of carbonyl (C=O) groups excluding carboxylic acids is 1. The molecule has 0 aliphatic heterocycles. The summed E-state index contributed by atoms with van der Waals surface area (Å²) in [5.41, 5.74) is 4.98. The van der Waals surface area contributed by atoms with E-state index in [9.17, 15) is 4.79 Å². The van der Waals surface area contributed by atoms with E-state index >= 15 is 0 Å². The number of hydrogen-bond donors (Lipinski definition) is 2. The summed E-state index contributed by atoms with van der Waals surface area (Å²) in [5, 5.41) is 3.34. The van der Waals surface area contributed by atoms with Gasteiger partial charge in [0.05, 0.1) is 0 Å². The smallest absolute Gasteiger partial charge is 0.219 e. The topological polar surface area (TPSA) is 55.1 Å². The maximum atomic E-state index is 10.7. The van der Waals surface area contributed by atoms with Crippen LogP contribution in [0.1, 0.15) is 33.6 Å². The van der Waals surface area contributed by atoms with Gasteiger partial charge in [-0.3, -0.25) is 4.79 Å². The predicted octanol–water partition coefficient (Wildman–Crippen LogP) is 1.37. The highest BCUT2D eigenvalue weighted by Crippen LogP contribution is 2.08. The largest absolute Gasteiger partial charge is 0.370 e. The molecular formula is C10H22N2OS. The van der Waals surface area contributed by atoms with Crippen molar-refractivity contribution in [2.45, 2.75) is 39.2 Å². The van der Waals surface area contributed by atoms with Crippen LogP contribution < -0.4 is 11.1 Å². The van der Waals surface area contributed by atoms with E-state index in [1.807, 2.05) is 25.6 Å². The second-order valence-electron chi connectivity index (χ2n) is 4.00. The third-order valence-electron chi connectivity index (χ3n) is 1.89. The second-order valence-corrected chi connectivity index (χ2v) is 5.40. The summed E-state index contributed by atoms with van der Waals surface area (Å²) < 4.78 is 0. The minimum atomic E-state index is -0.245. The van der Waals surface area contributed by atoms with Crippen LogP contribution in [-0.4, -0.2) is 29.5 Å². The first-order chi connectivity index (χ1) is 6.48. The summed E-state index contributed by atoms with van der Waals surface area (Å²) in [4.78, 5) is 10.7. The molecule has 0 aliphatic carbocycles. The first-order valence-corrected chi connectivity index (χ1v) is 6.24. The summed E-state index contributed by atoms with van der Waals surface area (Å²) in [5.74, 6) is 2.10. The Morgan fingerprint density at radius 1 is 1.50 bits per heavy atom. The number of thioether (sulfide) groups is 1. The van der Waals surface area contributed by atoms with E-state index in [4.69, 9.17) is 5.73 Å². The molecule has 0 radical (unpaired) electrons. The lowest BCUT2D eigenvalue weighted by Gasteiger charge is -2.24. The molecule has 0 unspecified atom stereocenters. The van der Waals surface area contributed by atoms with Crippen LogP contribution in [0.15, 0.2) is 0 Å². The first-order valence-electron chi connectivity index (χ1n) is 5.09. The van der Waals surface area contributed by atoms with Gasteiger partial charge in [0.25, 0.3) is 0 Å². The molecule has 0 aliphatic rings. The molecule has 0 aromatic heterocycles. The Bertz CT molecular complexity index is 172. The van der Waals surface area contributed by atoms with Gasteiger partial charge in [0.1, 0.15) is 0 Å². The lowest BCUT2D eigenvalue weighted by molar-refractivity contribution is -0.119. The fraction of sp³-hybridized carbons (Fsp3) is 0.900. The zero-order chi connectivity index (χ0) is 11.0. The van der Waals surface area contributed by atoms with E-state index in [1.54, 1.807) is 0 Å². The molecule has 0 atom stereocenters. The Morgan fingerprint density at radius 3 is 2.64 bits per heavy atom. The van der Waals surface area contributed by atoms with Gasteiger partial charge in [-0.15, -0.1) is 0 Å². The van der Waals surface area contributed by atoms with Gasteiger partial charge in [-0.1, -0.05) is 6.92 Å². The number of hydrogen-bond acceptors (Lipinski definition) is 3. The number of nitrogens with one attached hydrogen (secondary N) is 1. The van der Waals surface area contributed by atoms with Crippen molar-refractivity contribution in [1.82, 2.24) is 5.32 Å². The first kappa shape index (κ1) is 13.8. The molecule has 0 heterocycles. The Morgan fingerprint density at radius 2 is 2.14 bits per heavy atom. The highest BCUT2D eigenvalue weighted by Gasteiger charge is 2.18. The summed E-state index contributed by atoms with van der Waals surface area (Å²) in [6.45, 7) is 7.12. The van der Waals surface area contributed by atoms with E-state index in [-0.39, 0.29) is 11.4 Å². The molecule has 0 bridgehead atoms. The Labute approximate surface area is 91.2 Å². The normalized spacial score (nSPS) is 11.6. The molecule has 3 nitrogen and oxygen atoms in total. The fourth-order valence-corrected chi connectivity index (χ4v) is 1.88. The van der Waals surface area contributed by atoms with E-state index in [2.05, 4.69) is 12.2 Å². The van der Waals surface area contributed by atoms with Gasteiger partial charge in [0, 0.05) is 12.0 Å². The van der Waals surface area contributed by atoms with Gasteiger partial charge in [0.15, 0.2) is 0 Å². The Balaban J connectivity index is 3.50. The monoisotopic (exact) mass is 218 g/mol. The highest BCUT2D eigenvalue weighted by atomic mass is 32.2. The summed E-state index contributed by atoms with van der Waals surface area (Å²) in [6.07, 6.45) is 1.54. The van der Waals surface area contributed by atoms with Crippen LogP contribution in [0.5, 0.6) is 0 Å². The molecule has 3 N–H and O–H groups in total. The van der Waals surface area contributed by atoms with Crippen LogP contribution in [0.4, 0.5) is 0 Å². The lowest BCUT2D eigenvalue weighted by atomic mass is 10.0. The molecule has 1 amide bonds. The molecule has 0 saturated heterocycles. The van der Waals surface area contributed by atoms with E-state index < -0.39 is 0 Å².